The standard InChI is InChI=1S/C29H28N2O7/c1-31(2)23-18-13-16-12-17-15(9-8-14-6-4-3-5-7-14)10-11-19(32)21(17)24(33)20(16)26(35)29(18,38)27(36)22(25(23)34)28(30)37/h3-11,16,18,23,32-33,36,38H,12-13H2,1-2H3,(H2,30,37)/b9-8+/t16-,18-,23-,29-/m0/s1. The molecular weight excluding hydrogens is 488 g/mol. The van der Waals surface area contributed by atoms with Crippen LogP contribution in [0.2, 0.25) is 0 Å². The van der Waals surface area contributed by atoms with Crippen LogP contribution in [0.25, 0.3) is 17.9 Å². The van der Waals surface area contributed by atoms with Gasteiger partial charge in [0.15, 0.2) is 11.4 Å². The molecule has 1 amide bonds. The van der Waals surface area contributed by atoms with Crippen molar-refractivity contribution in [2.24, 2.45) is 17.6 Å². The Morgan fingerprint density at radius 2 is 1.74 bits per heavy atom. The molecule has 0 saturated heterocycles. The zero-order valence-electron chi connectivity index (χ0n) is 20.9. The van der Waals surface area contributed by atoms with E-state index in [0.717, 1.165) is 11.1 Å². The average molecular weight is 517 g/mol. The Kier molecular flexibility index (Phi) is 6.00. The molecule has 9 nitrogen and oxygen atoms in total. The fourth-order valence-corrected chi connectivity index (χ4v) is 6.17. The number of carbonyl (C=O) groups excluding carboxylic acids is 3. The predicted octanol–water partition coefficient (Wildman–Crippen LogP) is 2.13. The SMILES string of the molecule is CN(C)[C@@H]1C(=O)C(C(N)=O)=C(O)[C@@]2(O)C(=O)C3=C(O)c4c(O)ccc(/C=C/c5ccccc5)c4C[C@H]3C[C@@H]12. The van der Waals surface area contributed by atoms with Crippen molar-refractivity contribution in [2.45, 2.75) is 24.5 Å². The van der Waals surface area contributed by atoms with Crippen molar-refractivity contribution in [3.8, 4) is 5.75 Å². The van der Waals surface area contributed by atoms with E-state index in [9.17, 15) is 34.8 Å². The molecule has 0 radical (unpaired) electrons. The van der Waals surface area contributed by atoms with Gasteiger partial charge in [0.2, 0.25) is 5.78 Å². The van der Waals surface area contributed by atoms with Crippen molar-refractivity contribution in [1.29, 1.82) is 0 Å². The van der Waals surface area contributed by atoms with Crippen LogP contribution in [-0.2, 0) is 20.8 Å². The van der Waals surface area contributed by atoms with Crippen LogP contribution in [0.5, 0.6) is 5.75 Å². The fraction of sp³-hybridized carbons (Fsp3) is 0.276. The number of ketones is 2. The van der Waals surface area contributed by atoms with Gasteiger partial charge in [-0.2, -0.15) is 0 Å². The Morgan fingerprint density at radius 1 is 1.05 bits per heavy atom. The number of aliphatic hydroxyl groups excluding tert-OH is 2. The number of hydrogen-bond acceptors (Lipinski definition) is 8. The number of hydrogen-bond donors (Lipinski definition) is 5. The highest BCUT2D eigenvalue weighted by molar-refractivity contribution is 6.24. The van der Waals surface area contributed by atoms with Crippen LogP contribution >= 0.6 is 0 Å². The zero-order chi connectivity index (χ0) is 27.5. The topological polar surface area (TPSA) is 161 Å². The van der Waals surface area contributed by atoms with Crippen molar-refractivity contribution in [2.75, 3.05) is 14.1 Å². The van der Waals surface area contributed by atoms with Crippen LogP contribution in [0.3, 0.4) is 0 Å². The summed E-state index contributed by atoms with van der Waals surface area (Å²) in [5.41, 5.74) is 4.05. The van der Waals surface area contributed by atoms with Gasteiger partial charge >= 0.3 is 0 Å². The van der Waals surface area contributed by atoms with Crippen molar-refractivity contribution >= 4 is 35.4 Å². The van der Waals surface area contributed by atoms with Gasteiger partial charge in [-0.25, -0.2) is 0 Å². The maximum atomic E-state index is 13.9. The first-order valence-corrected chi connectivity index (χ1v) is 12.2. The van der Waals surface area contributed by atoms with Crippen LogP contribution in [0.4, 0.5) is 0 Å². The summed E-state index contributed by atoms with van der Waals surface area (Å²) in [6.45, 7) is 0. The molecule has 1 fully saturated rings. The molecule has 9 heteroatoms. The average Bonchev–Trinajstić information content (AvgIpc) is 2.86. The number of Topliss-reactive ketones (excluding diaryl/α,β-unsaturated/α-hetero) is 2. The second kappa shape index (κ2) is 8.97. The molecule has 38 heavy (non-hydrogen) atoms. The quantitative estimate of drug-likeness (QED) is 0.305. The Bertz CT molecular complexity index is 1470. The molecule has 0 aromatic heterocycles. The summed E-state index contributed by atoms with van der Waals surface area (Å²) in [5.74, 6) is -6.65. The van der Waals surface area contributed by atoms with Gasteiger partial charge in [0.05, 0.1) is 11.6 Å². The zero-order valence-corrected chi connectivity index (χ0v) is 20.9. The summed E-state index contributed by atoms with van der Waals surface area (Å²) >= 11 is 0. The molecule has 1 saturated carbocycles. The molecule has 0 unspecified atom stereocenters. The van der Waals surface area contributed by atoms with Crippen LogP contribution in [0.1, 0.15) is 28.7 Å². The lowest BCUT2D eigenvalue weighted by Crippen LogP contribution is -2.65. The summed E-state index contributed by atoms with van der Waals surface area (Å²) in [5, 5.41) is 44.5. The van der Waals surface area contributed by atoms with Gasteiger partial charge in [0, 0.05) is 11.5 Å². The third kappa shape index (κ3) is 3.58. The summed E-state index contributed by atoms with van der Waals surface area (Å²) in [6.07, 6.45) is 4.03. The lowest BCUT2D eigenvalue weighted by molar-refractivity contribution is -0.153. The number of primary amides is 1. The van der Waals surface area contributed by atoms with Crippen LogP contribution in [0, 0.1) is 11.8 Å². The highest BCUT2D eigenvalue weighted by Gasteiger charge is 2.64. The molecule has 5 rings (SSSR count). The minimum absolute atomic E-state index is 0.0449. The molecular formula is C29H28N2O7. The minimum Gasteiger partial charge on any atom is -0.508 e. The normalized spacial score (nSPS) is 27.0. The predicted molar refractivity (Wildman–Crippen MR) is 140 cm³/mol. The van der Waals surface area contributed by atoms with Gasteiger partial charge in [-0.15, -0.1) is 0 Å². The van der Waals surface area contributed by atoms with E-state index in [1.165, 1.54) is 11.0 Å². The third-order valence-corrected chi connectivity index (χ3v) is 7.90. The van der Waals surface area contributed by atoms with E-state index < -0.39 is 58.0 Å². The molecule has 3 aliphatic carbocycles. The van der Waals surface area contributed by atoms with Gasteiger partial charge in [-0.05, 0) is 55.6 Å². The molecule has 2 aromatic carbocycles. The molecule has 0 heterocycles. The number of nitrogens with zero attached hydrogens (tertiary/aromatic N) is 1. The van der Waals surface area contributed by atoms with Gasteiger partial charge in [0.25, 0.3) is 5.91 Å². The maximum absolute atomic E-state index is 13.9. The Labute approximate surface area is 218 Å². The number of phenols is 1. The molecule has 4 atom stereocenters. The highest BCUT2D eigenvalue weighted by atomic mass is 16.3. The van der Waals surface area contributed by atoms with Crippen LogP contribution in [0.15, 0.2) is 59.4 Å². The van der Waals surface area contributed by atoms with E-state index in [1.807, 2.05) is 42.5 Å². The van der Waals surface area contributed by atoms with Crippen molar-refractivity contribution in [1.82, 2.24) is 4.90 Å². The lowest BCUT2D eigenvalue weighted by Gasteiger charge is -2.50. The van der Waals surface area contributed by atoms with E-state index in [4.69, 9.17) is 5.73 Å². The summed E-state index contributed by atoms with van der Waals surface area (Å²) < 4.78 is 0. The fourth-order valence-electron chi connectivity index (χ4n) is 6.17. The van der Waals surface area contributed by atoms with Crippen LogP contribution in [-0.4, -0.2) is 68.5 Å². The molecule has 0 spiro atoms. The van der Waals surface area contributed by atoms with E-state index >= 15 is 0 Å². The number of nitrogens with two attached hydrogens (primary N) is 1. The van der Waals surface area contributed by atoms with Gasteiger partial charge < -0.3 is 26.2 Å². The number of rotatable bonds is 4. The number of aromatic hydroxyl groups is 1. The maximum Gasteiger partial charge on any atom is 0.255 e. The molecule has 3 aliphatic rings. The first-order chi connectivity index (χ1) is 18.0. The number of benzene rings is 2. The number of fused-ring (bicyclic) bond motifs is 3. The minimum atomic E-state index is -2.65. The lowest BCUT2D eigenvalue weighted by atomic mass is 9.57. The number of carbonyl (C=O) groups is 3. The van der Waals surface area contributed by atoms with Crippen molar-refractivity contribution in [3.63, 3.8) is 0 Å². The second-order valence-corrected chi connectivity index (χ2v) is 10.2. The Balaban J connectivity index is 1.68. The first kappa shape index (κ1) is 25.4. The van der Waals surface area contributed by atoms with E-state index in [2.05, 4.69) is 0 Å². The monoisotopic (exact) mass is 516 g/mol. The molecule has 0 bridgehead atoms. The number of phenolic OH excluding ortho intramolecular Hbond substituents is 1. The van der Waals surface area contributed by atoms with E-state index in [1.54, 1.807) is 20.2 Å². The van der Waals surface area contributed by atoms with Gasteiger partial charge in [-0.3, -0.25) is 19.3 Å². The van der Waals surface area contributed by atoms with E-state index in [-0.39, 0.29) is 29.7 Å². The number of amides is 1. The molecule has 196 valence electrons. The van der Waals surface area contributed by atoms with Crippen LogP contribution < -0.4 is 5.73 Å². The second-order valence-electron chi connectivity index (χ2n) is 10.2. The first-order valence-electron chi connectivity index (χ1n) is 12.2. The number of aliphatic hydroxyl groups is 3. The smallest absolute Gasteiger partial charge is 0.255 e. The largest absolute Gasteiger partial charge is 0.508 e. The van der Waals surface area contributed by atoms with Gasteiger partial charge in [0.1, 0.15) is 22.8 Å². The van der Waals surface area contributed by atoms with Crippen molar-refractivity contribution < 1.29 is 34.8 Å². The number of likely N-dealkylation sites (N-methyl/N-ethyl adjacent to an activating group) is 1. The third-order valence-electron chi connectivity index (χ3n) is 7.90. The summed E-state index contributed by atoms with van der Waals surface area (Å²) in [6, 6.07) is 11.6. The highest BCUT2D eigenvalue weighted by Crippen LogP contribution is 2.53. The summed E-state index contributed by atoms with van der Waals surface area (Å²) in [7, 11) is 3.13. The van der Waals surface area contributed by atoms with Crippen molar-refractivity contribution in [3.05, 3.63) is 81.6 Å². The van der Waals surface area contributed by atoms with E-state index in [0.29, 0.717) is 5.56 Å². The van der Waals surface area contributed by atoms with Gasteiger partial charge in [-0.1, -0.05) is 48.6 Å². The Morgan fingerprint density at radius 3 is 2.37 bits per heavy atom. The summed E-state index contributed by atoms with van der Waals surface area (Å²) in [4.78, 5) is 40.6. The Hall–Kier alpha value is -4.21. The molecule has 2 aromatic rings. The molecule has 6 N–H and O–H groups in total. The molecule has 0 aliphatic heterocycles.